The minimum atomic E-state index is 0.583. The molecule has 1 aliphatic carbocycles. The van der Waals surface area contributed by atoms with Gasteiger partial charge in [-0.05, 0) is 55.3 Å². The van der Waals surface area contributed by atoms with E-state index >= 15 is 0 Å². The molecule has 3 heteroatoms. The van der Waals surface area contributed by atoms with Gasteiger partial charge < -0.3 is 11.1 Å². The fourth-order valence-electron chi connectivity index (χ4n) is 3.83. The molecule has 0 bridgehead atoms. The molecule has 0 radical (unpaired) electrons. The molecule has 1 saturated carbocycles. The third-order valence-electron chi connectivity index (χ3n) is 4.92. The molecule has 2 rings (SSSR count). The lowest BCUT2D eigenvalue weighted by Crippen LogP contribution is -2.39. The van der Waals surface area contributed by atoms with Crippen LogP contribution in [0.3, 0.4) is 0 Å². The molecule has 0 spiro atoms. The molecule has 118 valence electrons. The van der Waals surface area contributed by atoms with E-state index in [1.54, 1.807) is 0 Å². The number of nitrogens with two attached hydrogens (primary N) is 1. The van der Waals surface area contributed by atoms with Crippen LogP contribution in [0.4, 0.5) is 5.82 Å². The van der Waals surface area contributed by atoms with E-state index in [1.165, 1.54) is 44.1 Å². The first-order chi connectivity index (χ1) is 10.2. The molecule has 21 heavy (non-hydrogen) atoms. The molecule has 3 nitrogen and oxygen atoms in total. The maximum Gasteiger partial charge on any atom is 0.123 e. The second-order valence-corrected chi connectivity index (χ2v) is 6.53. The van der Waals surface area contributed by atoms with E-state index in [2.05, 4.69) is 30.2 Å². The Kier molecular flexibility index (Phi) is 6.50. The Morgan fingerprint density at radius 3 is 2.67 bits per heavy atom. The molecule has 3 N–H and O–H groups in total. The zero-order valence-electron chi connectivity index (χ0n) is 13.6. The van der Waals surface area contributed by atoms with E-state index in [0.29, 0.717) is 11.9 Å². The lowest BCUT2D eigenvalue weighted by molar-refractivity contribution is 0.213. The molecule has 0 aromatic carbocycles. The van der Waals surface area contributed by atoms with Gasteiger partial charge in [-0.2, -0.15) is 0 Å². The van der Waals surface area contributed by atoms with Gasteiger partial charge in [-0.3, -0.25) is 0 Å². The average Bonchev–Trinajstić information content (AvgIpc) is 2.48. The topological polar surface area (TPSA) is 50.9 Å². The van der Waals surface area contributed by atoms with Crippen LogP contribution in [-0.4, -0.2) is 17.6 Å². The Balaban J connectivity index is 1.93. The molecule has 1 aromatic rings. The lowest BCUT2D eigenvalue weighted by atomic mass is 9.76. The van der Waals surface area contributed by atoms with Gasteiger partial charge in [0.25, 0.3) is 0 Å². The summed E-state index contributed by atoms with van der Waals surface area (Å²) >= 11 is 0. The van der Waals surface area contributed by atoms with Crippen molar-refractivity contribution in [2.75, 3.05) is 12.3 Å². The van der Waals surface area contributed by atoms with Crippen molar-refractivity contribution < 1.29 is 0 Å². The van der Waals surface area contributed by atoms with E-state index in [9.17, 15) is 0 Å². The molecule has 1 unspecified atom stereocenters. The largest absolute Gasteiger partial charge is 0.384 e. The number of pyridine rings is 1. The number of hydrogen-bond acceptors (Lipinski definition) is 3. The van der Waals surface area contributed by atoms with E-state index in [-0.39, 0.29) is 0 Å². The minimum Gasteiger partial charge on any atom is -0.384 e. The van der Waals surface area contributed by atoms with Gasteiger partial charge in [0.05, 0.1) is 0 Å². The molecule has 1 aliphatic rings. The van der Waals surface area contributed by atoms with Crippen LogP contribution in [0.5, 0.6) is 0 Å². The van der Waals surface area contributed by atoms with Gasteiger partial charge in [-0.25, -0.2) is 4.98 Å². The van der Waals surface area contributed by atoms with Gasteiger partial charge >= 0.3 is 0 Å². The number of likely N-dealkylation sites (N-methyl/N-ethyl adjacent to an activating group) is 1. The first-order valence-electron chi connectivity index (χ1n) is 8.66. The van der Waals surface area contributed by atoms with E-state index in [4.69, 9.17) is 5.73 Å². The number of anilines is 1. The highest BCUT2D eigenvalue weighted by atomic mass is 14.9. The molecular formula is C18H31N3. The maximum atomic E-state index is 5.81. The van der Waals surface area contributed by atoms with Gasteiger partial charge in [0.2, 0.25) is 0 Å². The predicted molar refractivity (Wildman–Crippen MR) is 90.2 cm³/mol. The predicted octanol–water partition coefficient (Wildman–Crippen LogP) is 3.79. The van der Waals surface area contributed by atoms with Crippen molar-refractivity contribution in [3.05, 3.63) is 23.9 Å². The van der Waals surface area contributed by atoms with Crippen molar-refractivity contribution >= 4 is 5.82 Å². The average molecular weight is 289 g/mol. The van der Waals surface area contributed by atoms with Crippen molar-refractivity contribution in [1.29, 1.82) is 0 Å². The van der Waals surface area contributed by atoms with E-state index in [0.717, 1.165) is 24.8 Å². The summed E-state index contributed by atoms with van der Waals surface area (Å²) in [4.78, 5) is 4.09. The van der Waals surface area contributed by atoms with Gasteiger partial charge in [0, 0.05) is 12.2 Å². The van der Waals surface area contributed by atoms with Gasteiger partial charge in [0.15, 0.2) is 0 Å². The summed E-state index contributed by atoms with van der Waals surface area (Å²) in [6.45, 7) is 5.55. The zero-order chi connectivity index (χ0) is 15.1. The fourth-order valence-corrected chi connectivity index (χ4v) is 3.83. The van der Waals surface area contributed by atoms with Crippen molar-refractivity contribution in [3.63, 3.8) is 0 Å². The maximum absolute atomic E-state index is 5.81. The molecule has 1 heterocycles. The number of hydrogen-bond donors (Lipinski definition) is 2. The second kappa shape index (κ2) is 8.38. The first kappa shape index (κ1) is 16.3. The van der Waals surface area contributed by atoms with Gasteiger partial charge in [0.1, 0.15) is 5.82 Å². The SMILES string of the molecule is CCCC1CCC(C(Cc2ccnc(N)c2)NCC)CC1. The molecule has 1 atom stereocenters. The van der Waals surface area contributed by atoms with Crippen LogP contribution in [-0.2, 0) is 6.42 Å². The number of nitrogens with zero attached hydrogens (tertiary/aromatic N) is 1. The second-order valence-electron chi connectivity index (χ2n) is 6.53. The number of nitrogens with one attached hydrogen (secondary N) is 1. The fraction of sp³-hybridized carbons (Fsp3) is 0.722. The normalized spacial score (nSPS) is 23.9. The van der Waals surface area contributed by atoms with Crippen LogP contribution in [0.2, 0.25) is 0 Å². The molecule has 1 fully saturated rings. The summed E-state index contributed by atoms with van der Waals surface area (Å²) in [6.07, 6.45) is 11.2. The van der Waals surface area contributed by atoms with Gasteiger partial charge in [-0.15, -0.1) is 0 Å². The van der Waals surface area contributed by atoms with Crippen molar-refractivity contribution in [1.82, 2.24) is 10.3 Å². The highest BCUT2D eigenvalue weighted by Crippen LogP contribution is 2.34. The van der Waals surface area contributed by atoms with E-state index in [1.807, 2.05) is 12.3 Å². The minimum absolute atomic E-state index is 0.583. The summed E-state index contributed by atoms with van der Waals surface area (Å²) in [5.74, 6) is 2.42. The van der Waals surface area contributed by atoms with Crippen LogP contribution in [0.1, 0.15) is 57.9 Å². The Bertz CT molecular complexity index is 411. The summed E-state index contributed by atoms with van der Waals surface area (Å²) in [7, 11) is 0. The van der Waals surface area contributed by atoms with Gasteiger partial charge in [-0.1, -0.05) is 39.5 Å². The molecular weight excluding hydrogens is 258 g/mol. The third-order valence-corrected chi connectivity index (χ3v) is 4.92. The summed E-state index contributed by atoms with van der Waals surface area (Å²) in [5.41, 5.74) is 7.12. The Morgan fingerprint density at radius 2 is 2.05 bits per heavy atom. The Morgan fingerprint density at radius 1 is 1.29 bits per heavy atom. The number of nitrogen functional groups attached to an aromatic ring is 1. The van der Waals surface area contributed by atoms with Crippen LogP contribution >= 0.6 is 0 Å². The van der Waals surface area contributed by atoms with Crippen molar-refractivity contribution in [2.24, 2.45) is 11.8 Å². The molecule has 1 aromatic heterocycles. The highest BCUT2D eigenvalue weighted by molar-refractivity contribution is 5.32. The molecule has 0 saturated heterocycles. The van der Waals surface area contributed by atoms with Crippen molar-refractivity contribution in [2.45, 2.75) is 64.8 Å². The van der Waals surface area contributed by atoms with Crippen LogP contribution in [0, 0.1) is 11.8 Å². The van der Waals surface area contributed by atoms with Crippen LogP contribution in [0.15, 0.2) is 18.3 Å². The molecule has 0 amide bonds. The first-order valence-corrected chi connectivity index (χ1v) is 8.66. The lowest BCUT2D eigenvalue weighted by Gasteiger charge is -2.34. The summed E-state index contributed by atoms with van der Waals surface area (Å²) in [5, 5.41) is 3.71. The smallest absolute Gasteiger partial charge is 0.123 e. The van der Waals surface area contributed by atoms with Crippen molar-refractivity contribution in [3.8, 4) is 0 Å². The molecule has 0 aliphatic heterocycles. The summed E-state index contributed by atoms with van der Waals surface area (Å²) < 4.78 is 0. The van der Waals surface area contributed by atoms with Crippen LogP contribution < -0.4 is 11.1 Å². The standard InChI is InChI=1S/C18H31N3/c1-3-5-14-6-8-16(9-7-14)17(20-4-2)12-15-10-11-21-18(19)13-15/h10-11,13-14,16-17,20H,3-9,12H2,1-2H3,(H2,19,21). The number of aromatic nitrogens is 1. The Hall–Kier alpha value is -1.09. The monoisotopic (exact) mass is 289 g/mol. The zero-order valence-corrected chi connectivity index (χ0v) is 13.6. The highest BCUT2D eigenvalue weighted by Gasteiger charge is 2.26. The third kappa shape index (κ3) is 4.99. The quantitative estimate of drug-likeness (QED) is 0.803. The van der Waals surface area contributed by atoms with E-state index < -0.39 is 0 Å². The number of rotatable bonds is 7. The Labute approximate surface area is 129 Å². The van der Waals surface area contributed by atoms with Crippen LogP contribution in [0.25, 0.3) is 0 Å². The summed E-state index contributed by atoms with van der Waals surface area (Å²) in [6, 6.07) is 4.70.